The Balaban J connectivity index is 3.15. The summed E-state index contributed by atoms with van der Waals surface area (Å²) in [7, 11) is 0. The van der Waals surface area contributed by atoms with Crippen molar-refractivity contribution >= 4 is 0 Å². The molecule has 0 heterocycles. The van der Waals surface area contributed by atoms with Crippen LogP contribution >= 0.6 is 0 Å². The van der Waals surface area contributed by atoms with Gasteiger partial charge in [0.2, 0.25) is 0 Å². The van der Waals surface area contributed by atoms with Crippen molar-refractivity contribution in [3.63, 3.8) is 0 Å². The van der Waals surface area contributed by atoms with Crippen LogP contribution in [0.4, 0.5) is 0 Å². The van der Waals surface area contributed by atoms with Gasteiger partial charge in [0.1, 0.15) is 0 Å². The van der Waals surface area contributed by atoms with Crippen molar-refractivity contribution in [1.29, 1.82) is 0 Å². The second-order valence-corrected chi connectivity index (χ2v) is 3.83. The van der Waals surface area contributed by atoms with Gasteiger partial charge in [-0.1, -0.05) is 17.7 Å². The molecule has 1 aromatic rings. The van der Waals surface area contributed by atoms with Crippen LogP contribution in [-0.4, -0.2) is 0 Å². The molecule has 1 unspecified atom stereocenters. The molecule has 1 rings (SSSR count). The van der Waals surface area contributed by atoms with Gasteiger partial charge in [0.15, 0.2) is 0 Å². The summed E-state index contributed by atoms with van der Waals surface area (Å²) >= 11 is 0. The molecule has 0 aliphatic rings. The lowest BCUT2D eigenvalue weighted by Gasteiger charge is -2.16. The molecule has 74 valence electrons. The lowest BCUT2D eigenvalue weighted by molar-refractivity contribution is 0.741. The number of benzene rings is 1. The van der Waals surface area contributed by atoms with Crippen molar-refractivity contribution in [3.8, 4) is 12.3 Å². The molecule has 0 saturated carbocycles. The predicted molar refractivity (Wildman–Crippen MR) is 61.0 cm³/mol. The van der Waals surface area contributed by atoms with Crippen LogP contribution in [0.2, 0.25) is 0 Å². The first-order valence-corrected chi connectivity index (χ1v) is 4.83. The van der Waals surface area contributed by atoms with E-state index in [-0.39, 0.29) is 6.04 Å². The van der Waals surface area contributed by atoms with Crippen LogP contribution in [0.25, 0.3) is 0 Å². The average molecular weight is 187 g/mol. The Bertz CT molecular complexity index is 348. The molecule has 0 radical (unpaired) electrons. The molecule has 0 aliphatic heterocycles. The first kappa shape index (κ1) is 10.8. The van der Waals surface area contributed by atoms with Crippen LogP contribution < -0.4 is 5.73 Å². The van der Waals surface area contributed by atoms with Crippen LogP contribution in [-0.2, 0) is 0 Å². The van der Waals surface area contributed by atoms with E-state index < -0.39 is 0 Å². The maximum Gasteiger partial charge on any atom is 0.0411 e. The van der Waals surface area contributed by atoms with Gasteiger partial charge in [-0.15, -0.1) is 12.3 Å². The highest BCUT2D eigenvalue weighted by molar-refractivity contribution is 5.39. The van der Waals surface area contributed by atoms with E-state index >= 15 is 0 Å². The molecular weight excluding hydrogens is 170 g/mol. The number of terminal acetylenes is 1. The fourth-order valence-corrected chi connectivity index (χ4v) is 2.01. The van der Waals surface area contributed by atoms with Crippen LogP contribution in [0.5, 0.6) is 0 Å². The molecule has 0 bridgehead atoms. The third-order valence-corrected chi connectivity index (χ3v) is 2.45. The molecule has 2 N–H and O–H groups in total. The first-order chi connectivity index (χ1) is 6.56. The minimum absolute atomic E-state index is 0.0272. The van der Waals surface area contributed by atoms with E-state index in [0.717, 1.165) is 0 Å². The zero-order valence-electron chi connectivity index (χ0n) is 9.09. The number of nitrogens with two attached hydrogens (primary N) is 1. The molecule has 0 aromatic heterocycles. The average Bonchev–Trinajstić information content (AvgIpc) is 2.01. The van der Waals surface area contributed by atoms with Crippen LogP contribution in [0, 0.1) is 33.1 Å². The SMILES string of the molecule is C#CCC(N)c1c(C)cc(C)cc1C. The minimum atomic E-state index is -0.0272. The fraction of sp³-hybridized carbons (Fsp3) is 0.385. The second kappa shape index (κ2) is 4.30. The maximum absolute atomic E-state index is 6.01. The van der Waals surface area contributed by atoms with Gasteiger partial charge < -0.3 is 5.73 Å². The number of aryl methyl sites for hydroxylation is 3. The third-order valence-electron chi connectivity index (χ3n) is 2.45. The summed E-state index contributed by atoms with van der Waals surface area (Å²) in [5.74, 6) is 2.61. The topological polar surface area (TPSA) is 26.0 Å². The van der Waals surface area contributed by atoms with Crippen molar-refractivity contribution in [2.24, 2.45) is 5.73 Å². The molecule has 1 nitrogen and oxygen atoms in total. The summed E-state index contributed by atoms with van der Waals surface area (Å²) < 4.78 is 0. The Morgan fingerprint density at radius 1 is 1.29 bits per heavy atom. The van der Waals surface area contributed by atoms with Gasteiger partial charge in [-0.3, -0.25) is 0 Å². The van der Waals surface area contributed by atoms with E-state index in [0.29, 0.717) is 6.42 Å². The molecule has 1 atom stereocenters. The van der Waals surface area contributed by atoms with E-state index in [9.17, 15) is 0 Å². The summed E-state index contributed by atoms with van der Waals surface area (Å²) in [6, 6.07) is 4.28. The van der Waals surface area contributed by atoms with E-state index in [1.807, 2.05) is 0 Å². The maximum atomic E-state index is 6.01. The Kier molecular flexibility index (Phi) is 3.33. The van der Waals surface area contributed by atoms with E-state index in [1.165, 1.54) is 22.3 Å². The molecule has 0 saturated heterocycles. The van der Waals surface area contributed by atoms with Crippen LogP contribution in [0.3, 0.4) is 0 Å². The van der Waals surface area contributed by atoms with E-state index in [4.69, 9.17) is 12.2 Å². The molecule has 14 heavy (non-hydrogen) atoms. The van der Waals surface area contributed by atoms with Gasteiger partial charge in [0, 0.05) is 12.5 Å². The van der Waals surface area contributed by atoms with Gasteiger partial charge in [0.05, 0.1) is 0 Å². The summed E-state index contributed by atoms with van der Waals surface area (Å²) in [6.07, 6.45) is 5.87. The van der Waals surface area contributed by atoms with Crippen molar-refractivity contribution < 1.29 is 0 Å². The van der Waals surface area contributed by atoms with E-state index in [1.54, 1.807) is 0 Å². The standard InChI is InChI=1S/C13H17N/c1-5-6-12(14)13-10(3)7-9(2)8-11(13)4/h1,7-8,12H,6,14H2,2-4H3. The lowest BCUT2D eigenvalue weighted by Crippen LogP contribution is -2.12. The largest absolute Gasteiger partial charge is 0.323 e. The smallest absolute Gasteiger partial charge is 0.0411 e. The summed E-state index contributed by atoms with van der Waals surface area (Å²) in [5.41, 5.74) is 11.0. The lowest BCUT2D eigenvalue weighted by atomic mass is 9.93. The molecule has 0 aliphatic carbocycles. The van der Waals surface area contributed by atoms with Crippen molar-refractivity contribution in [1.82, 2.24) is 0 Å². The highest BCUT2D eigenvalue weighted by Gasteiger charge is 2.10. The summed E-state index contributed by atoms with van der Waals surface area (Å²) in [5, 5.41) is 0. The quantitative estimate of drug-likeness (QED) is 0.708. The second-order valence-electron chi connectivity index (χ2n) is 3.83. The molecule has 1 heteroatoms. The number of rotatable bonds is 2. The summed E-state index contributed by atoms with van der Waals surface area (Å²) in [6.45, 7) is 6.27. The van der Waals surface area contributed by atoms with Gasteiger partial charge in [-0.2, -0.15) is 0 Å². The van der Waals surface area contributed by atoms with Crippen molar-refractivity contribution in [3.05, 3.63) is 34.4 Å². The zero-order chi connectivity index (χ0) is 10.7. The first-order valence-electron chi connectivity index (χ1n) is 4.83. The number of hydrogen-bond acceptors (Lipinski definition) is 1. The highest BCUT2D eigenvalue weighted by Crippen LogP contribution is 2.23. The Morgan fingerprint density at radius 3 is 2.21 bits per heavy atom. The van der Waals surface area contributed by atoms with Gasteiger partial charge in [-0.25, -0.2) is 0 Å². The Morgan fingerprint density at radius 2 is 1.79 bits per heavy atom. The molecule has 0 spiro atoms. The van der Waals surface area contributed by atoms with Crippen LogP contribution in [0.1, 0.15) is 34.7 Å². The van der Waals surface area contributed by atoms with Crippen molar-refractivity contribution in [2.45, 2.75) is 33.2 Å². The van der Waals surface area contributed by atoms with Crippen LogP contribution in [0.15, 0.2) is 12.1 Å². The summed E-state index contributed by atoms with van der Waals surface area (Å²) in [4.78, 5) is 0. The Labute approximate surface area is 86.3 Å². The minimum Gasteiger partial charge on any atom is -0.323 e. The molecular formula is C13H17N. The van der Waals surface area contributed by atoms with Crippen molar-refractivity contribution in [2.75, 3.05) is 0 Å². The fourth-order valence-electron chi connectivity index (χ4n) is 2.01. The molecule has 0 fully saturated rings. The zero-order valence-corrected chi connectivity index (χ0v) is 9.09. The van der Waals surface area contributed by atoms with E-state index in [2.05, 4.69) is 38.8 Å². The van der Waals surface area contributed by atoms with Gasteiger partial charge >= 0.3 is 0 Å². The third kappa shape index (κ3) is 2.16. The Hall–Kier alpha value is -1.26. The normalized spacial score (nSPS) is 12.2. The molecule has 1 aromatic carbocycles. The monoisotopic (exact) mass is 187 g/mol. The predicted octanol–water partition coefficient (Wildman–Crippen LogP) is 2.63. The van der Waals surface area contributed by atoms with Gasteiger partial charge in [0.25, 0.3) is 0 Å². The van der Waals surface area contributed by atoms with Gasteiger partial charge in [-0.05, 0) is 37.5 Å². The number of hydrogen-bond donors (Lipinski definition) is 1. The highest BCUT2D eigenvalue weighted by atomic mass is 14.6. The molecule has 0 amide bonds.